The molecule has 7 atom stereocenters. The van der Waals surface area contributed by atoms with Crippen LogP contribution in [0.15, 0.2) is 36.4 Å². The fourth-order valence-electron chi connectivity index (χ4n) is 6.18. The Balaban J connectivity index is 1.28. The summed E-state index contributed by atoms with van der Waals surface area (Å²) < 4.78 is 6.11. The summed E-state index contributed by atoms with van der Waals surface area (Å²) in [4.78, 5) is 0. The maximum absolute atomic E-state index is 6.11. The van der Waals surface area contributed by atoms with Gasteiger partial charge in [-0.25, -0.2) is 0 Å². The Morgan fingerprint density at radius 3 is 2.52 bits per heavy atom. The van der Waals surface area contributed by atoms with Crippen LogP contribution in [-0.4, -0.2) is 6.61 Å². The Kier molecular flexibility index (Phi) is 2.57. The minimum absolute atomic E-state index is 0.810. The quantitative estimate of drug-likeness (QED) is 0.586. The third-order valence-corrected chi connectivity index (χ3v) is 6.89. The molecule has 1 aromatic rings. The topological polar surface area (TPSA) is 9.23 Å². The lowest BCUT2D eigenvalue weighted by molar-refractivity contribution is 0.109. The van der Waals surface area contributed by atoms with Gasteiger partial charge in [0.1, 0.15) is 5.75 Å². The van der Waals surface area contributed by atoms with Gasteiger partial charge in [0, 0.05) is 0 Å². The average molecular weight is 280 g/mol. The van der Waals surface area contributed by atoms with E-state index in [2.05, 4.69) is 43.3 Å². The highest BCUT2D eigenvalue weighted by Crippen LogP contribution is 2.66. The lowest BCUT2D eigenvalue weighted by Gasteiger charge is -2.36. The van der Waals surface area contributed by atoms with E-state index in [1.54, 1.807) is 0 Å². The van der Waals surface area contributed by atoms with E-state index < -0.39 is 0 Å². The van der Waals surface area contributed by atoms with Gasteiger partial charge in [-0.2, -0.15) is 0 Å². The van der Waals surface area contributed by atoms with Crippen molar-refractivity contribution in [2.75, 3.05) is 6.61 Å². The van der Waals surface area contributed by atoms with E-state index in [9.17, 15) is 0 Å². The Bertz CT molecular complexity index is 572. The van der Waals surface area contributed by atoms with Crippen molar-refractivity contribution >= 4 is 0 Å². The molecule has 0 amide bonds. The van der Waals surface area contributed by atoms with Crippen LogP contribution in [0, 0.1) is 48.3 Å². The highest BCUT2D eigenvalue weighted by atomic mass is 16.5. The molecule has 1 aromatic carbocycles. The molecule has 3 saturated carbocycles. The molecule has 4 aliphatic carbocycles. The van der Waals surface area contributed by atoms with E-state index in [1.807, 2.05) is 0 Å². The van der Waals surface area contributed by atoms with Gasteiger partial charge < -0.3 is 4.74 Å². The predicted molar refractivity (Wildman–Crippen MR) is 84.1 cm³/mol. The number of ether oxygens (including phenoxy) is 1. The van der Waals surface area contributed by atoms with Gasteiger partial charge in [-0.15, -0.1) is 0 Å². The summed E-state index contributed by atoms with van der Waals surface area (Å²) in [5.41, 5.74) is 1.30. The Hall–Kier alpha value is -1.24. The fraction of sp³-hybridized carbons (Fsp3) is 0.600. The molecular weight excluding hydrogens is 256 g/mol. The zero-order valence-electron chi connectivity index (χ0n) is 12.7. The van der Waals surface area contributed by atoms with Crippen LogP contribution in [-0.2, 0) is 0 Å². The van der Waals surface area contributed by atoms with Crippen LogP contribution < -0.4 is 4.74 Å². The lowest BCUT2D eigenvalue weighted by Crippen LogP contribution is -2.33. The van der Waals surface area contributed by atoms with Gasteiger partial charge in [0.25, 0.3) is 0 Å². The van der Waals surface area contributed by atoms with Crippen molar-refractivity contribution < 1.29 is 4.74 Å². The molecule has 1 nitrogen and oxygen atoms in total. The zero-order valence-corrected chi connectivity index (χ0v) is 12.7. The predicted octanol–water partition coefficient (Wildman–Crippen LogP) is 4.47. The molecule has 7 unspecified atom stereocenters. The number of rotatable bonds is 3. The maximum Gasteiger partial charge on any atom is 0.119 e. The first-order valence-electron chi connectivity index (χ1n) is 8.67. The van der Waals surface area contributed by atoms with Crippen molar-refractivity contribution in [2.45, 2.75) is 26.2 Å². The Morgan fingerprint density at radius 1 is 0.952 bits per heavy atom. The molecule has 4 bridgehead atoms. The smallest absolute Gasteiger partial charge is 0.119 e. The second-order valence-electron chi connectivity index (χ2n) is 7.88. The summed E-state index contributed by atoms with van der Waals surface area (Å²) in [5, 5.41) is 0. The summed E-state index contributed by atoms with van der Waals surface area (Å²) in [6, 6.07) is 8.52. The van der Waals surface area contributed by atoms with Crippen molar-refractivity contribution in [2.24, 2.45) is 41.4 Å². The molecule has 3 fully saturated rings. The summed E-state index contributed by atoms with van der Waals surface area (Å²) in [5.74, 6) is 7.71. The lowest BCUT2D eigenvalue weighted by atomic mass is 9.69. The summed E-state index contributed by atoms with van der Waals surface area (Å²) >= 11 is 0. The second kappa shape index (κ2) is 4.38. The van der Waals surface area contributed by atoms with Crippen LogP contribution in [0.4, 0.5) is 0 Å². The van der Waals surface area contributed by atoms with Crippen LogP contribution in [0.25, 0.3) is 0 Å². The molecule has 21 heavy (non-hydrogen) atoms. The van der Waals surface area contributed by atoms with E-state index in [0.717, 1.165) is 53.8 Å². The number of aryl methyl sites for hydroxylation is 1. The van der Waals surface area contributed by atoms with Crippen LogP contribution in [0.5, 0.6) is 5.75 Å². The van der Waals surface area contributed by atoms with E-state index in [4.69, 9.17) is 4.74 Å². The van der Waals surface area contributed by atoms with Crippen molar-refractivity contribution in [3.8, 4) is 5.75 Å². The van der Waals surface area contributed by atoms with E-state index >= 15 is 0 Å². The molecule has 0 heterocycles. The summed E-state index contributed by atoms with van der Waals surface area (Å²) in [7, 11) is 0. The zero-order chi connectivity index (χ0) is 14.0. The van der Waals surface area contributed by atoms with Crippen molar-refractivity contribution in [1.29, 1.82) is 0 Å². The number of allylic oxidation sites excluding steroid dienone is 2. The summed E-state index contributed by atoms with van der Waals surface area (Å²) in [6.45, 7) is 3.07. The number of hydrogen-bond acceptors (Lipinski definition) is 1. The number of hydrogen-bond donors (Lipinski definition) is 0. The molecule has 5 rings (SSSR count). The SMILES string of the molecule is Cc1ccc(OCC2CC3CC2C2C4C=CC(C4)C32)cc1. The van der Waals surface area contributed by atoms with Crippen LogP contribution in [0.2, 0.25) is 0 Å². The molecule has 0 radical (unpaired) electrons. The molecule has 0 saturated heterocycles. The average Bonchev–Trinajstić information content (AvgIpc) is 3.25. The highest BCUT2D eigenvalue weighted by Gasteiger charge is 2.60. The molecule has 0 aliphatic heterocycles. The fourth-order valence-corrected chi connectivity index (χ4v) is 6.18. The molecule has 0 aromatic heterocycles. The monoisotopic (exact) mass is 280 g/mol. The van der Waals surface area contributed by atoms with E-state index in [-0.39, 0.29) is 0 Å². The normalized spacial score (nSPS) is 45.3. The molecule has 0 N–H and O–H groups in total. The first kappa shape index (κ1) is 12.3. The highest BCUT2D eigenvalue weighted by molar-refractivity contribution is 5.26. The molecule has 0 spiro atoms. The molecular formula is C20H24O. The molecule has 1 heteroatoms. The number of benzene rings is 1. The van der Waals surface area contributed by atoms with Crippen LogP contribution >= 0.6 is 0 Å². The largest absolute Gasteiger partial charge is 0.493 e. The van der Waals surface area contributed by atoms with Crippen LogP contribution in [0.1, 0.15) is 24.8 Å². The van der Waals surface area contributed by atoms with Gasteiger partial charge >= 0.3 is 0 Å². The van der Waals surface area contributed by atoms with Gasteiger partial charge in [-0.3, -0.25) is 0 Å². The van der Waals surface area contributed by atoms with Crippen molar-refractivity contribution in [1.82, 2.24) is 0 Å². The van der Waals surface area contributed by atoms with Gasteiger partial charge in [0.15, 0.2) is 0 Å². The summed E-state index contributed by atoms with van der Waals surface area (Å²) in [6.07, 6.45) is 9.45. The minimum atomic E-state index is 0.810. The third kappa shape index (κ3) is 1.76. The number of fused-ring (bicyclic) bond motifs is 9. The standard InChI is InChI=1S/C20H24O/c1-12-2-6-17(7-3-12)21-11-16-9-15-10-18(16)20-14-5-4-13(8-14)19(15)20/h2-7,13-16,18-20H,8-11H2,1H3. The first-order chi connectivity index (χ1) is 10.3. The molecule has 110 valence electrons. The van der Waals surface area contributed by atoms with Crippen molar-refractivity contribution in [3.63, 3.8) is 0 Å². The van der Waals surface area contributed by atoms with Gasteiger partial charge in [-0.1, -0.05) is 29.8 Å². The Morgan fingerprint density at radius 2 is 1.71 bits per heavy atom. The second-order valence-corrected chi connectivity index (χ2v) is 7.88. The van der Waals surface area contributed by atoms with Crippen molar-refractivity contribution in [3.05, 3.63) is 42.0 Å². The van der Waals surface area contributed by atoms with Gasteiger partial charge in [-0.05, 0) is 79.7 Å². The van der Waals surface area contributed by atoms with E-state index in [0.29, 0.717) is 0 Å². The van der Waals surface area contributed by atoms with Gasteiger partial charge in [0.05, 0.1) is 6.61 Å². The molecule has 4 aliphatic rings. The van der Waals surface area contributed by atoms with E-state index in [1.165, 1.54) is 24.8 Å². The van der Waals surface area contributed by atoms with Crippen LogP contribution in [0.3, 0.4) is 0 Å². The Labute approximate surface area is 127 Å². The third-order valence-electron chi connectivity index (χ3n) is 6.89. The first-order valence-corrected chi connectivity index (χ1v) is 8.67. The minimum Gasteiger partial charge on any atom is -0.493 e. The van der Waals surface area contributed by atoms with Gasteiger partial charge in [0.2, 0.25) is 0 Å². The maximum atomic E-state index is 6.11.